The molecular weight excluding hydrogens is 254 g/mol. The zero-order chi connectivity index (χ0) is 15.6. The fourth-order valence-corrected chi connectivity index (χ4v) is 1.92. The molecule has 0 spiro atoms. The maximum atomic E-state index is 12.4. The maximum Gasteiger partial charge on any atom is 0.315 e. The Labute approximate surface area is 120 Å². The number of ether oxygens (including phenoxy) is 1. The van der Waals surface area contributed by atoms with E-state index >= 15 is 0 Å². The summed E-state index contributed by atoms with van der Waals surface area (Å²) in [5, 5.41) is 10.1. The van der Waals surface area contributed by atoms with Gasteiger partial charge in [-0.05, 0) is 40.2 Å². The Balaban J connectivity index is 3.12. The molecule has 1 aromatic rings. The molecule has 3 N–H and O–H groups in total. The third-order valence-electron chi connectivity index (χ3n) is 2.99. The first-order valence-corrected chi connectivity index (χ1v) is 6.78. The lowest BCUT2D eigenvalue weighted by Crippen LogP contribution is -2.50. The molecule has 1 aromatic carbocycles. The number of rotatable bonds is 4. The molecule has 0 amide bonds. The van der Waals surface area contributed by atoms with Crippen LogP contribution in [0.5, 0.6) is 0 Å². The standard InChI is InChI=1S/C16H25NO3/c1-15(2,3)20-14(18)12(13(17)16(4,5)19)11-9-7-6-8-10-11/h6-10,12-13,19H,17H2,1-5H3. The second-order valence-electron chi connectivity index (χ2n) is 6.60. The van der Waals surface area contributed by atoms with E-state index in [-0.39, 0.29) is 0 Å². The summed E-state index contributed by atoms with van der Waals surface area (Å²) in [6.45, 7) is 8.61. The Bertz CT molecular complexity index is 443. The predicted octanol–water partition coefficient (Wildman–Crippen LogP) is 2.21. The van der Waals surface area contributed by atoms with Crippen molar-refractivity contribution in [1.82, 2.24) is 0 Å². The van der Waals surface area contributed by atoms with Crippen LogP contribution in [0.2, 0.25) is 0 Å². The quantitative estimate of drug-likeness (QED) is 0.829. The topological polar surface area (TPSA) is 72.5 Å². The molecule has 2 unspecified atom stereocenters. The van der Waals surface area contributed by atoms with E-state index in [1.807, 2.05) is 51.1 Å². The molecule has 0 aliphatic carbocycles. The van der Waals surface area contributed by atoms with Crippen molar-refractivity contribution < 1.29 is 14.6 Å². The highest BCUT2D eigenvalue weighted by Crippen LogP contribution is 2.28. The number of carbonyl (C=O) groups excluding carboxylic acids is 1. The molecule has 0 heterocycles. The van der Waals surface area contributed by atoms with Crippen LogP contribution < -0.4 is 5.73 Å². The largest absolute Gasteiger partial charge is 0.459 e. The van der Waals surface area contributed by atoms with E-state index in [4.69, 9.17) is 10.5 Å². The summed E-state index contributed by atoms with van der Waals surface area (Å²) < 4.78 is 5.44. The van der Waals surface area contributed by atoms with Gasteiger partial charge in [0.25, 0.3) is 0 Å². The first-order valence-electron chi connectivity index (χ1n) is 6.78. The van der Waals surface area contributed by atoms with E-state index in [0.717, 1.165) is 5.56 Å². The van der Waals surface area contributed by atoms with Crippen molar-refractivity contribution in [2.45, 2.75) is 57.8 Å². The van der Waals surface area contributed by atoms with Crippen molar-refractivity contribution >= 4 is 5.97 Å². The Morgan fingerprint density at radius 3 is 2.05 bits per heavy atom. The van der Waals surface area contributed by atoms with Crippen molar-refractivity contribution in [3.63, 3.8) is 0 Å². The number of benzene rings is 1. The lowest BCUT2D eigenvalue weighted by atomic mass is 9.83. The van der Waals surface area contributed by atoms with Gasteiger partial charge >= 0.3 is 5.97 Å². The van der Waals surface area contributed by atoms with Crippen molar-refractivity contribution in [3.8, 4) is 0 Å². The SMILES string of the molecule is CC(C)(C)OC(=O)C(c1ccccc1)C(N)C(C)(C)O. The van der Waals surface area contributed by atoms with Gasteiger partial charge in [0.2, 0.25) is 0 Å². The van der Waals surface area contributed by atoms with Crippen LogP contribution in [-0.4, -0.2) is 28.3 Å². The van der Waals surface area contributed by atoms with Crippen LogP contribution in [0.1, 0.15) is 46.1 Å². The second kappa shape index (κ2) is 5.94. The Morgan fingerprint density at radius 1 is 1.15 bits per heavy atom. The highest BCUT2D eigenvalue weighted by Gasteiger charge is 2.38. The highest BCUT2D eigenvalue weighted by molar-refractivity contribution is 5.79. The minimum Gasteiger partial charge on any atom is -0.459 e. The van der Waals surface area contributed by atoms with Crippen LogP contribution in [0.25, 0.3) is 0 Å². The zero-order valence-electron chi connectivity index (χ0n) is 12.9. The molecule has 1 rings (SSSR count). The summed E-state index contributed by atoms with van der Waals surface area (Å²) in [5.74, 6) is -1.12. The maximum absolute atomic E-state index is 12.4. The van der Waals surface area contributed by atoms with E-state index in [1.165, 1.54) is 0 Å². The number of esters is 1. The minimum atomic E-state index is -1.18. The molecule has 0 aromatic heterocycles. The number of aliphatic hydroxyl groups is 1. The van der Waals surface area contributed by atoms with Gasteiger partial charge in [-0.2, -0.15) is 0 Å². The van der Waals surface area contributed by atoms with Crippen LogP contribution in [-0.2, 0) is 9.53 Å². The fourth-order valence-electron chi connectivity index (χ4n) is 1.92. The van der Waals surface area contributed by atoms with Gasteiger partial charge in [-0.3, -0.25) is 4.79 Å². The summed E-state index contributed by atoms with van der Waals surface area (Å²) in [7, 11) is 0. The minimum absolute atomic E-state index is 0.418. The molecule has 0 saturated heterocycles. The third-order valence-corrected chi connectivity index (χ3v) is 2.99. The van der Waals surface area contributed by atoms with Gasteiger partial charge in [-0.1, -0.05) is 30.3 Å². The average Bonchev–Trinajstić information content (AvgIpc) is 2.26. The van der Waals surface area contributed by atoms with Crippen molar-refractivity contribution in [2.24, 2.45) is 5.73 Å². The monoisotopic (exact) mass is 279 g/mol. The highest BCUT2D eigenvalue weighted by atomic mass is 16.6. The lowest BCUT2D eigenvalue weighted by Gasteiger charge is -2.33. The summed E-state index contributed by atoms with van der Waals surface area (Å²) in [4.78, 5) is 12.4. The van der Waals surface area contributed by atoms with E-state index in [9.17, 15) is 9.90 Å². The number of nitrogens with two attached hydrogens (primary N) is 1. The smallest absolute Gasteiger partial charge is 0.315 e. The molecule has 2 atom stereocenters. The summed E-state index contributed by atoms with van der Waals surface area (Å²) in [6, 6.07) is 8.43. The van der Waals surface area contributed by atoms with Crippen LogP contribution >= 0.6 is 0 Å². The zero-order valence-corrected chi connectivity index (χ0v) is 12.9. The van der Waals surface area contributed by atoms with Gasteiger partial charge in [0.15, 0.2) is 0 Å². The van der Waals surface area contributed by atoms with Gasteiger partial charge in [-0.15, -0.1) is 0 Å². The van der Waals surface area contributed by atoms with Crippen molar-refractivity contribution in [2.75, 3.05) is 0 Å². The molecule has 0 aliphatic rings. The van der Waals surface area contributed by atoms with Gasteiger partial charge in [0.1, 0.15) is 5.60 Å². The van der Waals surface area contributed by atoms with Gasteiger partial charge in [0, 0.05) is 0 Å². The normalized spacial score (nSPS) is 15.6. The molecule has 4 heteroatoms. The van der Waals surface area contributed by atoms with E-state index in [0.29, 0.717) is 0 Å². The molecule has 112 valence electrons. The van der Waals surface area contributed by atoms with Crippen LogP contribution in [0.3, 0.4) is 0 Å². The first kappa shape index (κ1) is 16.7. The molecule has 0 bridgehead atoms. The Kier molecular flexibility index (Phi) is 4.95. The molecular formula is C16H25NO3. The van der Waals surface area contributed by atoms with Crippen LogP contribution in [0, 0.1) is 0 Å². The van der Waals surface area contributed by atoms with Gasteiger partial charge in [-0.25, -0.2) is 0 Å². The second-order valence-corrected chi connectivity index (χ2v) is 6.60. The fraction of sp³-hybridized carbons (Fsp3) is 0.562. The molecule has 4 nitrogen and oxygen atoms in total. The van der Waals surface area contributed by atoms with Crippen LogP contribution in [0.15, 0.2) is 30.3 Å². The van der Waals surface area contributed by atoms with E-state index < -0.39 is 29.1 Å². The number of hydrogen-bond donors (Lipinski definition) is 2. The Morgan fingerprint density at radius 2 is 1.65 bits per heavy atom. The summed E-state index contributed by atoms with van der Waals surface area (Å²) >= 11 is 0. The molecule has 0 saturated carbocycles. The average molecular weight is 279 g/mol. The molecule has 0 radical (unpaired) electrons. The van der Waals surface area contributed by atoms with Crippen molar-refractivity contribution in [1.29, 1.82) is 0 Å². The predicted molar refractivity (Wildman–Crippen MR) is 79.3 cm³/mol. The summed E-state index contributed by atoms with van der Waals surface area (Å²) in [6.07, 6.45) is 0. The Hall–Kier alpha value is -1.39. The molecule has 0 aliphatic heterocycles. The number of carbonyl (C=O) groups is 1. The number of hydrogen-bond acceptors (Lipinski definition) is 4. The van der Waals surface area contributed by atoms with Crippen LogP contribution in [0.4, 0.5) is 0 Å². The first-order chi connectivity index (χ1) is 9.02. The van der Waals surface area contributed by atoms with E-state index in [2.05, 4.69) is 0 Å². The van der Waals surface area contributed by atoms with E-state index in [1.54, 1.807) is 13.8 Å². The van der Waals surface area contributed by atoms with Crippen molar-refractivity contribution in [3.05, 3.63) is 35.9 Å². The summed E-state index contributed by atoms with van der Waals surface area (Å²) in [5.41, 5.74) is 5.07. The molecule has 0 fully saturated rings. The van der Waals surface area contributed by atoms with Gasteiger partial charge < -0.3 is 15.6 Å². The van der Waals surface area contributed by atoms with Gasteiger partial charge in [0.05, 0.1) is 17.6 Å². The molecule has 20 heavy (non-hydrogen) atoms. The lowest BCUT2D eigenvalue weighted by molar-refractivity contribution is -0.159. The third kappa shape index (κ3) is 4.62.